The highest BCUT2D eigenvalue weighted by molar-refractivity contribution is 7.22. The van der Waals surface area contributed by atoms with Crippen molar-refractivity contribution >= 4 is 67.4 Å². The summed E-state index contributed by atoms with van der Waals surface area (Å²) in [7, 11) is 3.88. The minimum absolute atomic E-state index is 0. The predicted octanol–water partition coefficient (Wildman–Crippen LogP) is 4.69. The van der Waals surface area contributed by atoms with Crippen LogP contribution in [0.5, 0.6) is 5.75 Å². The Labute approximate surface area is 194 Å². The topological polar surface area (TPSA) is 88.8 Å². The highest BCUT2D eigenvalue weighted by Crippen LogP contribution is 2.32. The van der Waals surface area contributed by atoms with Crippen molar-refractivity contribution < 1.29 is 14.5 Å². The van der Waals surface area contributed by atoms with Crippen LogP contribution in [0.1, 0.15) is 11.8 Å². The van der Waals surface area contributed by atoms with E-state index >= 15 is 0 Å². The van der Waals surface area contributed by atoms with Crippen molar-refractivity contribution in [2.45, 2.75) is 6.92 Å². The normalized spacial score (nSPS) is 11.1. The molecular weight excluding hydrogens is 460 g/mol. The second kappa shape index (κ2) is 11.2. The van der Waals surface area contributed by atoms with Gasteiger partial charge < -0.3 is 9.64 Å². The Kier molecular flexibility index (Phi) is 8.93. The van der Waals surface area contributed by atoms with E-state index in [9.17, 15) is 14.9 Å². The van der Waals surface area contributed by atoms with Gasteiger partial charge in [-0.3, -0.25) is 19.8 Å². The van der Waals surface area contributed by atoms with Gasteiger partial charge in [-0.1, -0.05) is 22.7 Å². The van der Waals surface area contributed by atoms with Crippen LogP contribution < -0.4 is 9.64 Å². The number of carbonyl (C=O) groups excluding carboxylic acids is 1. The summed E-state index contributed by atoms with van der Waals surface area (Å²) >= 11 is 2.46. The average Bonchev–Trinajstić information content (AvgIpc) is 3.33. The molecule has 0 aliphatic carbocycles. The molecule has 2 aromatic heterocycles. The molecule has 166 valence electrons. The molecule has 3 rings (SSSR count). The fourth-order valence-electron chi connectivity index (χ4n) is 2.64. The Hall–Kier alpha value is -2.53. The molecule has 31 heavy (non-hydrogen) atoms. The molecule has 8 nitrogen and oxygen atoms in total. The molecule has 1 amide bonds. The van der Waals surface area contributed by atoms with Gasteiger partial charge in [0, 0.05) is 30.1 Å². The highest BCUT2D eigenvalue weighted by Gasteiger charge is 2.18. The summed E-state index contributed by atoms with van der Waals surface area (Å²) in [6.45, 7) is 3.65. The average molecular weight is 483 g/mol. The molecule has 0 saturated heterocycles. The maximum atomic E-state index is 12.9. The van der Waals surface area contributed by atoms with E-state index in [1.54, 1.807) is 17.0 Å². The van der Waals surface area contributed by atoms with E-state index < -0.39 is 4.92 Å². The van der Waals surface area contributed by atoms with Crippen molar-refractivity contribution in [3.63, 3.8) is 0 Å². The minimum Gasteiger partial charge on any atom is -0.494 e. The number of ether oxygens (including phenoxy) is 1. The summed E-state index contributed by atoms with van der Waals surface area (Å²) in [5, 5.41) is 11.5. The van der Waals surface area contributed by atoms with Gasteiger partial charge in [-0.25, -0.2) is 4.98 Å². The molecule has 0 saturated carbocycles. The second-order valence-electron chi connectivity index (χ2n) is 6.62. The largest absolute Gasteiger partial charge is 0.494 e. The van der Waals surface area contributed by atoms with Crippen LogP contribution in [0, 0.1) is 10.1 Å². The van der Waals surface area contributed by atoms with Gasteiger partial charge >= 0.3 is 5.00 Å². The monoisotopic (exact) mass is 482 g/mol. The van der Waals surface area contributed by atoms with Crippen molar-refractivity contribution in [1.82, 2.24) is 9.88 Å². The zero-order valence-corrected chi connectivity index (χ0v) is 19.8. The number of aromatic nitrogens is 1. The molecule has 0 spiro atoms. The Morgan fingerprint density at radius 1 is 1.23 bits per heavy atom. The van der Waals surface area contributed by atoms with Gasteiger partial charge in [0.05, 0.1) is 21.7 Å². The second-order valence-corrected chi connectivity index (χ2v) is 8.72. The van der Waals surface area contributed by atoms with Crippen LogP contribution in [0.15, 0.2) is 36.4 Å². The highest BCUT2D eigenvalue weighted by atomic mass is 35.5. The number of halogens is 1. The zero-order chi connectivity index (χ0) is 21.7. The number of thiazole rings is 1. The fraction of sp³-hybridized carbons (Fsp3) is 0.300. The van der Waals surface area contributed by atoms with Crippen molar-refractivity contribution in [3.8, 4) is 5.75 Å². The number of hydrogen-bond donors (Lipinski definition) is 0. The van der Waals surface area contributed by atoms with Crippen molar-refractivity contribution in [2.24, 2.45) is 0 Å². The van der Waals surface area contributed by atoms with Crippen LogP contribution in [-0.4, -0.2) is 54.5 Å². The van der Waals surface area contributed by atoms with Crippen molar-refractivity contribution in [3.05, 3.63) is 51.4 Å². The molecule has 0 aliphatic heterocycles. The number of hydrogen-bond acceptors (Lipinski definition) is 8. The van der Waals surface area contributed by atoms with Crippen molar-refractivity contribution in [2.75, 3.05) is 38.7 Å². The first-order valence-electron chi connectivity index (χ1n) is 9.29. The van der Waals surface area contributed by atoms with Crippen LogP contribution >= 0.6 is 35.1 Å². The van der Waals surface area contributed by atoms with Gasteiger partial charge in [0.15, 0.2) is 5.13 Å². The van der Waals surface area contributed by atoms with Crippen LogP contribution in [0.2, 0.25) is 0 Å². The number of likely N-dealkylation sites (N-methyl/N-ethyl adjacent to an activating group) is 1. The van der Waals surface area contributed by atoms with Crippen LogP contribution in [-0.2, 0) is 4.79 Å². The third kappa shape index (κ3) is 6.47. The Balaban J connectivity index is 0.00000341. The van der Waals surface area contributed by atoms with Gasteiger partial charge in [0.2, 0.25) is 0 Å². The number of benzene rings is 1. The van der Waals surface area contributed by atoms with E-state index in [1.807, 2.05) is 44.1 Å². The molecule has 0 fully saturated rings. The van der Waals surface area contributed by atoms with Crippen LogP contribution in [0.25, 0.3) is 16.3 Å². The standard InChI is InChI=1S/C20H22N4O4S2.ClH/c1-4-28-14-5-8-16-17(13-14)30-20(21-16)23(12-11-22(2)3)18(25)9-6-15-7-10-19(29-15)24(26)27;/h5-10,13H,4,11-12H2,1-3H3;1H. The molecule has 11 heteroatoms. The van der Waals surface area contributed by atoms with E-state index in [2.05, 4.69) is 4.98 Å². The summed E-state index contributed by atoms with van der Waals surface area (Å²) in [4.78, 5) is 32.2. The third-order valence-electron chi connectivity index (χ3n) is 4.11. The summed E-state index contributed by atoms with van der Waals surface area (Å²) in [6, 6.07) is 8.74. The Morgan fingerprint density at radius 2 is 2.00 bits per heavy atom. The predicted molar refractivity (Wildman–Crippen MR) is 129 cm³/mol. The lowest BCUT2D eigenvalue weighted by Crippen LogP contribution is -2.35. The lowest BCUT2D eigenvalue weighted by Gasteiger charge is -2.20. The van der Waals surface area contributed by atoms with Crippen LogP contribution in [0.3, 0.4) is 0 Å². The van der Waals surface area contributed by atoms with E-state index in [4.69, 9.17) is 4.74 Å². The number of carbonyl (C=O) groups is 1. The van der Waals surface area contributed by atoms with Gasteiger partial charge in [-0.05, 0) is 51.4 Å². The molecule has 3 aromatic rings. The molecule has 0 unspecified atom stereocenters. The number of fused-ring (bicyclic) bond motifs is 1. The smallest absolute Gasteiger partial charge is 0.324 e. The molecule has 2 heterocycles. The molecule has 0 radical (unpaired) electrons. The first-order chi connectivity index (χ1) is 14.4. The molecule has 0 N–H and O–H groups in total. The molecule has 0 bridgehead atoms. The van der Waals surface area contributed by atoms with Crippen molar-refractivity contribution in [1.29, 1.82) is 0 Å². The summed E-state index contributed by atoms with van der Waals surface area (Å²) in [6.07, 6.45) is 3.03. The first kappa shape index (κ1) is 24.7. The number of thiophene rings is 1. The van der Waals surface area contributed by atoms with Crippen LogP contribution in [0.4, 0.5) is 10.1 Å². The van der Waals surface area contributed by atoms with Gasteiger partial charge in [0.1, 0.15) is 5.75 Å². The Morgan fingerprint density at radius 3 is 2.65 bits per heavy atom. The lowest BCUT2D eigenvalue weighted by atomic mass is 10.3. The molecule has 0 aliphatic rings. The fourth-order valence-corrected chi connectivity index (χ4v) is 4.39. The SMILES string of the molecule is CCOc1ccc2nc(N(CCN(C)C)C(=O)C=Cc3ccc([N+](=O)[O-])s3)sc2c1.Cl. The number of amides is 1. The Bertz CT molecular complexity index is 1080. The summed E-state index contributed by atoms with van der Waals surface area (Å²) in [5.41, 5.74) is 0.805. The molecular formula is C20H23ClN4O4S2. The third-order valence-corrected chi connectivity index (χ3v) is 6.15. The summed E-state index contributed by atoms with van der Waals surface area (Å²) < 4.78 is 6.49. The van der Waals surface area contributed by atoms with E-state index in [0.717, 1.165) is 27.3 Å². The quantitative estimate of drug-likeness (QED) is 0.249. The van der Waals surface area contributed by atoms with Gasteiger partial charge in [-0.2, -0.15) is 0 Å². The number of nitro groups is 1. The molecule has 1 aromatic carbocycles. The first-order valence-corrected chi connectivity index (χ1v) is 10.9. The van der Waals surface area contributed by atoms with Gasteiger partial charge in [-0.15, -0.1) is 12.4 Å². The summed E-state index contributed by atoms with van der Waals surface area (Å²) in [5.74, 6) is 0.544. The minimum atomic E-state index is -0.440. The van der Waals surface area contributed by atoms with E-state index in [-0.39, 0.29) is 23.3 Å². The van der Waals surface area contributed by atoms with Gasteiger partial charge in [0.25, 0.3) is 5.91 Å². The number of nitrogens with zero attached hydrogens (tertiary/aromatic N) is 4. The molecule has 0 atom stereocenters. The maximum absolute atomic E-state index is 12.9. The van der Waals surface area contributed by atoms with E-state index in [1.165, 1.54) is 23.5 Å². The number of rotatable bonds is 9. The van der Waals surface area contributed by atoms with E-state index in [0.29, 0.717) is 29.7 Å². The maximum Gasteiger partial charge on any atom is 0.324 e. The zero-order valence-electron chi connectivity index (χ0n) is 17.3. The lowest BCUT2D eigenvalue weighted by molar-refractivity contribution is -0.380. The number of anilines is 1.